The van der Waals surface area contributed by atoms with Crippen molar-refractivity contribution in [3.8, 4) is 11.1 Å². The number of benzene rings is 4. The number of aryl methyl sites for hydroxylation is 1. The van der Waals surface area contributed by atoms with Crippen molar-refractivity contribution >= 4 is 9.28 Å². The molecule has 0 radical (unpaired) electrons. The van der Waals surface area contributed by atoms with E-state index in [0.29, 0.717) is 9.54 Å². The van der Waals surface area contributed by atoms with Gasteiger partial charge in [0.1, 0.15) is 0 Å². The van der Waals surface area contributed by atoms with Crippen molar-refractivity contribution in [1.29, 1.82) is 0 Å². The van der Waals surface area contributed by atoms with Crippen LogP contribution in [0.15, 0.2) is 106 Å². The maximum atomic E-state index is 2.77. The normalized spacial score (nSPS) is 16.1. The van der Waals surface area contributed by atoms with Crippen molar-refractivity contribution in [1.82, 2.24) is 0 Å². The zero-order chi connectivity index (χ0) is 30.7. The summed E-state index contributed by atoms with van der Waals surface area (Å²) in [4.78, 5) is 0. The standard InChI is InChI=1S/C21H25.C13H13.C8H8.2ClH.Zr/c1-20(2,3)16-7-9-18-14(12-16)11-15-13-17(21(4,5)6)8-10-19(15)18;1-10-8-11(2)13(9-10)12-6-4-3-5-7-12;1-7-3-5-8(2)6-4-7;;;/h7-13H,1-6H3;3-7,9-10H,1-2H3;1,3-6H,2H3;2*1H;/q;;;;;+2/p-2. The molecule has 232 valence electrons. The first-order valence-corrected chi connectivity index (χ1v) is 20.0. The summed E-state index contributed by atoms with van der Waals surface area (Å²) in [6.45, 7) is 21.2. The molecular formula is C42H46Cl2Zr. The molecular weight excluding hydrogens is 667 g/mol. The summed E-state index contributed by atoms with van der Waals surface area (Å²) in [5, 5.41) is 0. The van der Waals surface area contributed by atoms with Gasteiger partial charge in [-0.2, -0.15) is 0 Å². The Morgan fingerprint density at radius 2 is 1.16 bits per heavy atom. The summed E-state index contributed by atoms with van der Waals surface area (Å²) in [5.41, 5.74) is 16.1. The zero-order valence-electron chi connectivity index (χ0n) is 28.2. The van der Waals surface area contributed by atoms with Crippen LogP contribution in [0.2, 0.25) is 0 Å². The van der Waals surface area contributed by atoms with Crippen LogP contribution in [0.4, 0.5) is 0 Å². The van der Waals surface area contributed by atoms with Gasteiger partial charge in [-0.05, 0) is 0 Å². The topological polar surface area (TPSA) is 0 Å². The van der Waals surface area contributed by atoms with Crippen molar-refractivity contribution < 1.29 is 46.1 Å². The number of halogens is 2. The monoisotopic (exact) mass is 710 g/mol. The van der Waals surface area contributed by atoms with Crippen molar-refractivity contribution in [3.63, 3.8) is 0 Å². The second-order valence-corrected chi connectivity index (χ2v) is 20.5. The molecule has 0 fully saturated rings. The first kappa shape index (κ1) is 35.5. The van der Waals surface area contributed by atoms with Crippen molar-refractivity contribution in [2.24, 2.45) is 5.92 Å². The second-order valence-electron chi connectivity index (χ2n) is 14.8. The maximum Gasteiger partial charge on any atom is -1.00 e. The van der Waals surface area contributed by atoms with Gasteiger partial charge in [-0.15, -0.1) is 0 Å². The Morgan fingerprint density at radius 1 is 0.644 bits per heavy atom. The Hall–Kier alpha value is -2.31. The first-order valence-electron chi connectivity index (χ1n) is 15.9. The summed E-state index contributed by atoms with van der Waals surface area (Å²) in [5.74, 6) is 0.440. The van der Waals surface area contributed by atoms with Crippen molar-refractivity contribution in [2.75, 3.05) is 0 Å². The quantitative estimate of drug-likeness (QED) is 0.275. The maximum absolute atomic E-state index is 2.77. The van der Waals surface area contributed by atoms with Gasteiger partial charge in [-0.25, -0.2) is 0 Å². The fraction of sp³-hybridized carbons (Fsp3) is 0.310. The molecule has 0 spiro atoms. The van der Waals surface area contributed by atoms with Crippen LogP contribution < -0.4 is 24.8 Å². The molecule has 6 rings (SSSR count). The third-order valence-corrected chi connectivity index (χ3v) is 17.7. The summed E-state index contributed by atoms with van der Waals surface area (Å²) in [6.07, 6.45) is 2.55. The molecule has 0 aliphatic heterocycles. The van der Waals surface area contributed by atoms with Gasteiger partial charge < -0.3 is 24.8 Å². The van der Waals surface area contributed by atoms with Crippen LogP contribution in [0.5, 0.6) is 0 Å². The second kappa shape index (κ2) is 13.4. The Kier molecular flexibility index (Phi) is 10.6. The molecule has 0 bridgehead atoms. The zero-order valence-corrected chi connectivity index (χ0v) is 32.2. The minimum Gasteiger partial charge on any atom is -1.00 e. The first-order chi connectivity index (χ1) is 20.3. The Morgan fingerprint density at radius 3 is 1.64 bits per heavy atom. The van der Waals surface area contributed by atoms with E-state index in [-0.39, 0.29) is 35.6 Å². The molecule has 0 heterocycles. The van der Waals surface area contributed by atoms with E-state index in [1.165, 1.54) is 50.1 Å². The van der Waals surface area contributed by atoms with E-state index in [4.69, 9.17) is 0 Å². The molecule has 1 atom stereocenters. The number of hydrogen-bond donors (Lipinski definition) is 0. The van der Waals surface area contributed by atoms with E-state index in [9.17, 15) is 0 Å². The summed E-state index contributed by atoms with van der Waals surface area (Å²) in [7, 11) is 0. The summed E-state index contributed by atoms with van der Waals surface area (Å²) < 4.78 is 4.96. The van der Waals surface area contributed by atoms with Crippen LogP contribution in [0.1, 0.15) is 98.0 Å². The molecule has 0 saturated heterocycles. The minimum atomic E-state index is -2.61. The number of rotatable bonds is 4. The van der Waals surface area contributed by atoms with Gasteiger partial charge in [-0.3, -0.25) is 0 Å². The predicted octanol–water partition coefficient (Wildman–Crippen LogP) is 5.14. The van der Waals surface area contributed by atoms with E-state index in [0.717, 1.165) is 0 Å². The van der Waals surface area contributed by atoms with E-state index in [1.54, 1.807) is 14.4 Å². The van der Waals surface area contributed by atoms with Crippen LogP contribution in [0.25, 0.3) is 16.7 Å². The largest absolute Gasteiger partial charge is 1.00 e. The van der Waals surface area contributed by atoms with Crippen LogP contribution in [0.3, 0.4) is 0 Å². The van der Waals surface area contributed by atoms with E-state index in [2.05, 4.69) is 163 Å². The average Bonchev–Trinajstić information content (AvgIpc) is 3.45. The minimum absolute atomic E-state index is 0. The molecule has 0 saturated carbocycles. The van der Waals surface area contributed by atoms with Crippen LogP contribution >= 0.6 is 0 Å². The van der Waals surface area contributed by atoms with Gasteiger partial charge in [-0.1, -0.05) is 0 Å². The Balaban J connectivity index is 0.00000230. The molecule has 45 heavy (non-hydrogen) atoms. The van der Waals surface area contributed by atoms with Gasteiger partial charge >= 0.3 is 269 Å². The van der Waals surface area contributed by atoms with E-state index >= 15 is 0 Å². The van der Waals surface area contributed by atoms with Gasteiger partial charge in [0.2, 0.25) is 0 Å². The van der Waals surface area contributed by atoms with E-state index < -0.39 is 21.3 Å². The molecule has 2 aliphatic carbocycles. The molecule has 0 N–H and O–H groups in total. The van der Waals surface area contributed by atoms with E-state index in [1.807, 2.05) is 0 Å². The summed E-state index contributed by atoms with van der Waals surface area (Å²) >= 11 is -2.61. The fourth-order valence-electron chi connectivity index (χ4n) is 7.04. The molecule has 3 heteroatoms. The number of hydrogen-bond acceptors (Lipinski definition) is 0. The Bertz CT molecular complexity index is 1730. The molecule has 0 aromatic heterocycles. The fourth-order valence-corrected chi connectivity index (χ4v) is 15.7. The molecule has 1 unspecified atom stereocenters. The molecule has 4 aromatic carbocycles. The SMILES string of the molecule is CC1=[C](/[Zr+2](=[CH]\c2ccc(C)cc2)[CH]2c3cc(C(C)(C)C)ccc3-c3ccc(C(C)(C)C)cc32)C(C)C=C1c1ccccc1.[Cl-].[Cl-]. The van der Waals surface area contributed by atoms with Crippen molar-refractivity contribution in [2.45, 2.75) is 76.8 Å². The smallest absolute Gasteiger partial charge is 1.00 e. The summed E-state index contributed by atoms with van der Waals surface area (Å²) in [6, 6.07) is 35.1. The molecule has 0 nitrogen and oxygen atoms in total. The van der Waals surface area contributed by atoms with Gasteiger partial charge in [0.15, 0.2) is 0 Å². The van der Waals surface area contributed by atoms with Gasteiger partial charge in [0.05, 0.1) is 0 Å². The van der Waals surface area contributed by atoms with Gasteiger partial charge in [0, 0.05) is 0 Å². The third kappa shape index (κ3) is 6.88. The molecule has 2 aliphatic rings. The van der Waals surface area contributed by atoms with Crippen LogP contribution in [0, 0.1) is 12.8 Å². The van der Waals surface area contributed by atoms with Crippen LogP contribution in [-0.4, -0.2) is 3.71 Å². The molecule has 4 aromatic rings. The number of fused-ring (bicyclic) bond motifs is 3. The molecule has 0 amide bonds. The number of allylic oxidation sites excluding steroid dienone is 4. The predicted molar refractivity (Wildman–Crippen MR) is 184 cm³/mol. The van der Waals surface area contributed by atoms with Crippen molar-refractivity contribution in [3.05, 3.63) is 145 Å². The van der Waals surface area contributed by atoms with Gasteiger partial charge in [0.25, 0.3) is 0 Å². The van der Waals surface area contributed by atoms with Crippen LogP contribution in [-0.2, 0) is 32.1 Å². The Labute approximate surface area is 292 Å². The average molecular weight is 713 g/mol. The third-order valence-electron chi connectivity index (χ3n) is 9.53.